The van der Waals surface area contributed by atoms with Crippen LogP contribution in [0.25, 0.3) is 0 Å². The van der Waals surface area contributed by atoms with Gasteiger partial charge in [0.2, 0.25) is 0 Å². The molecule has 1 amide bonds. The van der Waals surface area contributed by atoms with Crippen molar-refractivity contribution in [3.8, 4) is 0 Å². The molecule has 19 heavy (non-hydrogen) atoms. The van der Waals surface area contributed by atoms with E-state index >= 15 is 0 Å². The molecule has 0 radical (unpaired) electrons. The highest BCUT2D eigenvalue weighted by Crippen LogP contribution is 2.28. The topological polar surface area (TPSA) is 66.3 Å². The van der Waals surface area contributed by atoms with Crippen LogP contribution >= 0.6 is 11.5 Å². The van der Waals surface area contributed by atoms with Gasteiger partial charge in [-0.25, -0.2) is 0 Å². The van der Waals surface area contributed by atoms with Crippen LogP contribution in [-0.4, -0.2) is 44.2 Å². The first-order valence-electron chi connectivity index (χ1n) is 6.55. The first kappa shape index (κ1) is 14.4. The summed E-state index contributed by atoms with van der Waals surface area (Å²) in [6, 6.07) is 0. The Morgan fingerprint density at radius 2 is 1.95 bits per heavy atom. The predicted octanol–water partition coefficient (Wildman–Crippen LogP) is 1.82. The molecule has 2 heterocycles. The fourth-order valence-electron chi connectivity index (χ4n) is 2.16. The Balaban J connectivity index is 2.16. The first-order chi connectivity index (χ1) is 8.71. The van der Waals surface area contributed by atoms with Gasteiger partial charge in [-0.1, -0.05) is 25.3 Å². The normalized spacial score (nSPS) is 19.5. The molecule has 0 unspecified atom stereocenters. The molecule has 0 aromatic carbocycles. The van der Waals surface area contributed by atoms with Gasteiger partial charge < -0.3 is 10.0 Å². The summed E-state index contributed by atoms with van der Waals surface area (Å²) >= 11 is 1.16. The van der Waals surface area contributed by atoms with Crippen LogP contribution in [0, 0.1) is 0 Å². The standard InChI is InChI=1S/C13H21N3O2S/c1-12(2,3)10-9(19-15-14-10)11(17)16-7-5-13(4,18)6-8-16/h18H,5-8H2,1-4H3. The minimum absolute atomic E-state index is 0.00424. The summed E-state index contributed by atoms with van der Waals surface area (Å²) in [4.78, 5) is 14.9. The van der Waals surface area contributed by atoms with E-state index in [1.54, 1.807) is 4.90 Å². The number of likely N-dealkylation sites (tertiary alicyclic amines) is 1. The molecule has 106 valence electrons. The van der Waals surface area contributed by atoms with Gasteiger partial charge in [0.05, 0.1) is 11.3 Å². The molecule has 1 aliphatic rings. The van der Waals surface area contributed by atoms with E-state index in [0.717, 1.165) is 17.2 Å². The Bertz CT molecular complexity index is 466. The number of amides is 1. The first-order valence-corrected chi connectivity index (χ1v) is 7.32. The Morgan fingerprint density at radius 1 is 1.37 bits per heavy atom. The third-order valence-corrected chi connectivity index (χ3v) is 4.23. The van der Waals surface area contributed by atoms with E-state index < -0.39 is 5.60 Å². The Kier molecular flexibility index (Phi) is 3.66. The van der Waals surface area contributed by atoms with Crippen molar-refractivity contribution in [3.05, 3.63) is 10.6 Å². The molecule has 1 fully saturated rings. The van der Waals surface area contributed by atoms with Crippen LogP contribution in [0.1, 0.15) is 55.9 Å². The van der Waals surface area contributed by atoms with Crippen molar-refractivity contribution in [1.29, 1.82) is 0 Å². The van der Waals surface area contributed by atoms with Crippen LogP contribution in [0.2, 0.25) is 0 Å². The summed E-state index contributed by atoms with van der Waals surface area (Å²) in [6.07, 6.45) is 1.24. The van der Waals surface area contributed by atoms with Crippen LogP contribution < -0.4 is 0 Å². The average Bonchev–Trinajstić information content (AvgIpc) is 2.76. The largest absolute Gasteiger partial charge is 0.390 e. The molecular formula is C13H21N3O2S. The van der Waals surface area contributed by atoms with E-state index in [-0.39, 0.29) is 11.3 Å². The lowest BCUT2D eigenvalue weighted by Crippen LogP contribution is -2.45. The zero-order valence-electron chi connectivity index (χ0n) is 11.9. The number of aromatic nitrogens is 2. The second-order valence-electron chi connectivity index (χ2n) is 6.49. The van der Waals surface area contributed by atoms with Gasteiger partial charge >= 0.3 is 0 Å². The number of aliphatic hydroxyl groups is 1. The Labute approximate surface area is 117 Å². The van der Waals surface area contributed by atoms with Gasteiger partial charge in [-0.15, -0.1) is 5.10 Å². The predicted molar refractivity (Wildman–Crippen MR) is 74.4 cm³/mol. The fourth-order valence-corrected chi connectivity index (χ4v) is 3.00. The lowest BCUT2D eigenvalue weighted by atomic mass is 9.90. The van der Waals surface area contributed by atoms with Gasteiger partial charge in [-0.05, 0) is 31.3 Å². The molecule has 1 N–H and O–H groups in total. The Morgan fingerprint density at radius 3 is 2.47 bits per heavy atom. The number of nitrogens with zero attached hydrogens (tertiary/aromatic N) is 3. The van der Waals surface area contributed by atoms with Gasteiger partial charge in [0, 0.05) is 18.5 Å². The smallest absolute Gasteiger partial charge is 0.267 e. The molecule has 1 aromatic heterocycles. The van der Waals surface area contributed by atoms with Crippen molar-refractivity contribution >= 4 is 17.4 Å². The number of piperidine rings is 1. The molecule has 2 rings (SSSR count). The molecule has 0 bridgehead atoms. The van der Waals surface area contributed by atoms with Crippen molar-refractivity contribution in [1.82, 2.24) is 14.5 Å². The number of rotatable bonds is 1. The molecule has 1 aromatic rings. The highest BCUT2D eigenvalue weighted by atomic mass is 32.1. The maximum absolute atomic E-state index is 12.5. The minimum atomic E-state index is -0.643. The summed E-state index contributed by atoms with van der Waals surface area (Å²) in [7, 11) is 0. The molecule has 5 nitrogen and oxygen atoms in total. The van der Waals surface area contributed by atoms with Gasteiger partial charge in [0.1, 0.15) is 4.88 Å². The summed E-state index contributed by atoms with van der Waals surface area (Å²) in [5, 5.41) is 14.0. The van der Waals surface area contributed by atoms with Crippen molar-refractivity contribution in [2.24, 2.45) is 0 Å². The van der Waals surface area contributed by atoms with Crippen molar-refractivity contribution < 1.29 is 9.90 Å². The van der Waals surface area contributed by atoms with E-state index in [2.05, 4.69) is 9.59 Å². The second-order valence-corrected chi connectivity index (χ2v) is 7.24. The number of hydrogen-bond acceptors (Lipinski definition) is 5. The zero-order valence-corrected chi connectivity index (χ0v) is 12.8. The van der Waals surface area contributed by atoms with Crippen molar-refractivity contribution in [3.63, 3.8) is 0 Å². The maximum Gasteiger partial charge on any atom is 0.267 e. The lowest BCUT2D eigenvalue weighted by Gasteiger charge is -2.35. The van der Waals surface area contributed by atoms with Gasteiger partial charge in [0.15, 0.2) is 0 Å². The molecule has 0 atom stereocenters. The van der Waals surface area contributed by atoms with E-state index in [1.807, 2.05) is 27.7 Å². The highest BCUT2D eigenvalue weighted by molar-refractivity contribution is 7.08. The van der Waals surface area contributed by atoms with Gasteiger partial charge in [0.25, 0.3) is 5.91 Å². The van der Waals surface area contributed by atoms with Gasteiger partial charge in [-0.3, -0.25) is 4.79 Å². The molecule has 1 aliphatic heterocycles. The van der Waals surface area contributed by atoms with Gasteiger partial charge in [-0.2, -0.15) is 0 Å². The minimum Gasteiger partial charge on any atom is -0.390 e. The van der Waals surface area contributed by atoms with E-state index in [1.165, 1.54) is 0 Å². The molecule has 0 aliphatic carbocycles. The molecule has 0 spiro atoms. The second kappa shape index (κ2) is 4.83. The Hall–Kier alpha value is -1.01. The van der Waals surface area contributed by atoms with Crippen LogP contribution in [0.4, 0.5) is 0 Å². The van der Waals surface area contributed by atoms with Crippen molar-refractivity contribution in [2.45, 2.75) is 51.6 Å². The SMILES string of the molecule is CC1(O)CCN(C(=O)c2snnc2C(C)(C)C)CC1. The quantitative estimate of drug-likeness (QED) is 0.854. The van der Waals surface area contributed by atoms with Crippen LogP contribution in [0.15, 0.2) is 0 Å². The molecular weight excluding hydrogens is 262 g/mol. The summed E-state index contributed by atoms with van der Waals surface area (Å²) < 4.78 is 3.93. The maximum atomic E-state index is 12.5. The fraction of sp³-hybridized carbons (Fsp3) is 0.769. The number of carbonyl (C=O) groups is 1. The number of hydrogen-bond donors (Lipinski definition) is 1. The van der Waals surface area contributed by atoms with E-state index in [0.29, 0.717) is 30.8 Å². The zero-order chi connectivity index (χ0) is 14.3. The van der Waals surface area contributed by atoms with Crippen molar-refractivity contribution in [2.75, 3.05) is 13.1 Å². The third-order valence-electron chi connectivity index (χ3n) is 3.52. The van der Waals surface area contributed by atoms with E-state index in [4.69, 9.17) is 0 Å². The monoisotopic (exact) mass is 283 g/mol. The average molecular weight is 283 g/mol. The van der Waals surface area contributed by atoms with Crippen LogP contribution in [0.5, 0.6) is 0 Å². The summed E-state index contributed by atoms with van der Waals surface area (Å²) in [5.41, 5.74) is -0.0608. The van der Waals surface area contributed by atoms with Crippen LogP contribution in [-0.2, 0) is 5.41 Å². The molecule has 6 heteroatoms. The van der Waals surface area contributed by atoms with E-state index in [9.17, 15) is 9.90 Å². The summed E-state index contributed by atoms with van der Waals surface area (Å²) in [6.45, 7) is 9.09. The molecule has 1 saturated heterocycles. The third kappa shape index (κ3) is 3.12. The number of carbonyl (C=O) groups excluding carboxylic acids is 1. The summed E-state index contributed by atoms with van der Waals surface area (Å²) in [5.74, 6) is -0.00424. The lowest BCUT2D eigenvalue weighted by molar-refractivity contribution is -0.00195. The van der Waals surface area contributed by atoms with Crippen LogP contribution in [0.3, 0.4) is 0 Å². The molecule has 0 saturated carbocycles. The highest BCUT2D eigenvalue weighted by Gasteiger charge is 2.33.